The quantitative estimate of drug-likeness (QED) is 0.754. The van der Waals surface area contributed by atoms with Crippen molar-refractivity contribution in [3.05, 3.63) is 71.8 Å². The standard InChI is InChI=1S/C22H29N3O2/c26-16-15-25(18-19-9-3-1-4-10-19)22(27)23-17-21(24-13-7-8-14-24)20-11-5-2-6-12-20/h1-6,9-12,21,26H,7-8,13-18H2,(H,23,27). The Bertz CT molecular complexity index is 687. The van der Waals surface area contributed by atoms with E-state index in [1.165, 1.54) is 18.4 Å². The fourth-order valence-electron chi connectivity index (χ4n) is 3.66. The molecule has 0 aromatic heterocycles. The summed E-state index contributed by atoms with van der Waals surface area (Å²) in [4.78, 5) is 16.9. The molecule has 2 aromatic rings. The van der Waals surface area contributed by atoms with Crippen molar-refractivity contribution in [3.63, 3.8) is 0 Å². The van der Waals surface area contributed by atoms with Gasteiger partial charge in [0.2, 0.25) is 0 Å². The Morgan fingerprint density at radius 3 is 2.30 bits per heavy atom. The molecule has 144 valence electrons. The summed E-state index contributed by atoms with van der Waals surface area (Å²) in [7, 11) is 0. The van der Waals surface area contributed by atoms with Crippen molar-refractivity contribution in [3.8, 4) is 0 Å². The Kier molecular flexibility index (Phi) is 7.25. The van der Waals surface area contributed by atoms with Crippen LogP contribution < -0.4 is 5.32 Å². The van der Waals surface area contributed by atoms with Crippen molar-refractivity contribution in [2.45, 2.75) is 25.4 Å². The van der Waals surface area contributed by atoms with E-state index in [-0.39, 0.29) is 18.7 Å². The van der Waals surface area contributed by atoms with Crippen LogP contribution in [-0.4, -0.2) is 53.7 Å². The number of nitrogens with one attached hydrogen (secondary N) is 1. The molecule has 1 aliphatic heterocycles. The van der Waals surface area contributed by atoms with Gasteiger partial charge in [-0.25, -0.2) is 4.79 Å². The topological polar surface area (TPSA) is 55.8 Å². The number of hydrogen-bond acceptors (Lipinski definition) is 3. The van der Waals surface area contributed by atoms with Crippen molar-refractivity contribution >= 4 is 6.03 Å². The fourth-order valence-corrected chi connectivity index (χ4v) is 3.66. The molecule has 0 spiro atoms. The summed E-state index contributed by atoms with van der Waals surface area (Å²) in [6.45, 7) is 3.47. The van der Waals surface area contributed by atoms with Gasteiger partial charge in [0, 0.05) is 19.6 Å². The number of amides is 2. The van der Waals surface area contributed by atoms with E-state index in [9.17, 15) is 9.90 Å². The van der Waals surface area contributed by atoms with E-state index in [0.29, 0.717) is 19.6 Å². The second-order valence-electron chi connectivity index (χ2n) is 6.99. The SMILES string of the molecule is O=C(NCC(c1ccccc1)N1CCCC1)N(CCO)Cc1ccccc1. The first-order chi connectivity index (χ1) is 13.3. The lowest BCUT2D eigenvalue weighted by Crippen LogP contribution is -2.44. The zero-order valence-electron chi connectivity index (χ0n) is 15.8. The lowest BCUT2D eigenvalue weighted by atomic mass is 10.1. The monoisotopic (exact) mass is 367 g/mol. The molecule has 0 bridgehead atoms. The van der Waals surface area contributed by atoms with Crippen LogP contribution in [0.2, 0.25) is 0 Å². The van der Waals surface area contributed by atoms with Crippen LogP contribution in [-0.2, 0) is 6.54 Å². The molecular formula is C22H29N3O2. The molecule has 2 N–H and O–H groups in total. The van der Waals surface area contributed by atoms with Gasteiger partial charge in [0.05, 0.1) is 12.6 Å². The van der Waals surface area contributed by atoms with Crippen molar-refractivity contribution in [1.29, 1.82) is 0 Å². The molecule has 5 nitrogen and oxygen atoms in total. The molecule has 27 heavy (non-hydrogen) atoms. The molecule has 1 saturated heterocycles. The lowest BCUT2D eigenvalue weighted by molar-refractivity contribution is 0.168. The van der Waals surface area contributed by atoms with Gasteiger partial charge in [-0.15, -0.1) is 0 Å². The molecule has 5 heteroatoms. The van der Waals surface area contributed by atoms with Gasteiger partial charge in [0.15, 0.2) is 0 Å². The van der Waals surface area contributed by atoms with Gasteiger partial charge < -0.3 is 15.3 Å². The number of benzene rings is 2. The van der Waals surface area contributed by atoms with Gasteiger partial charge in [-0.1, -0.05) is 60.7 Å². The average Bonchev–Trinajstić information content (AvgIpc) is 3.24. The van der Waals surface area contributed by atoms with E-state index in [1.54, 1.807) is 4.90 Å². The minimum Gasteiger partial charge on any atom is -0.395 e. The molecule has 1 heterocycles. The van der Waals surface area contributed by atoms with Gasteiger partial charge in [-0.05, 0) is 37.1 Å². The highest BCUT2D eigenvalue weighted by Gasteiger charge is 2.24. The summed E-state index contributed by atoms with van der Waals surface area (Å²) in [5.41, 5.74) is 2.29. The molecule has 2 amide bonds. The molecule has 1 fully saturated rings. The summed E-state index contributed by atoms with van der Waals surface area (Å²) in [6, 6.07) is 20.3. The molecule has 0 saturated carbocycles. The summed E-state index contributed by atoms with van der Waals surface area (Å²) in [5, 5.41) is 12.5. The van der Waals surface area contributed by atoms with E-state index in [4.69, 9.17) is 0 Å². The van der Waals surface area contributed by atoms with Gasteiger partial charge in [-0.2, -0.15) is 0 Å². The van der Waals surface area contributed by atoms with Gasteiger partial charge in [0.25, 0.3) is 0 Å². The van der Waals surface area contributed by atoms with Crippen LogP contribution in [0.1, 0.15) is 30.0 Å². The third-order valence-electron chi connectivity index (χ3n) is 5.09. The van der Waals surface area contributed by atoms with E-state index in [1.807, 2.05) is 48.5 Å². The molecule has 1 atom stereocenters. The predicted octanol–water partition coefficient (Wildman–Crippen LogP) is 3.03. The highest BCUT2D eigenvalue weighted by molar-refractivity contribution is 5.74. The van der Waals surface area contributed by atoms with Crippen LogP contribution >= 0.6 is 0 Å². The summed E-state index contributed by atoms with van der Waals surface area (Å²) < 4.78 is 0. The highest BCUT2D eigenvalue weighted by atomic mass is 16.3. The van der Waals surface area contributed by atoms with Crippen LogP contribution in [0, 0.1) is 0 Å². The Balaban J connectivity index is 1.64. The van der Waals surface area contributed by atoms with Crippen molar-refractivity contribution in [2.75, 3.05) is 32.8 Å². The number of nitrogens with zero attached hydrogens (tertiary/aromatic N) is 2. The van der Waals surface area contributed by atoms with Crippen molar-refractivity contribution in [2.24, 2.45) is 0 Å². The van der Waals surface area contributed by atoms with Crippen molar-refractivity contribution in [1.82, 2.24) is 15.1 Å². The Labute approximate surface area is 161 Å². The molecule has 0 aliphatic carbocycles. The van der Waals surface area contributed by atoms with E-state index in [0.717, 1.165) is 18.7 Å². The number of carbonyl (C=O) groups excluding carboxylic acids is 1. The van der Waals surface area contributed by atoms with Gasteiger partial charge in [-0.3, -0.25) is 4.90 Å². The number of aliphatic hydroxyl groups is 1. The van der Waals surface area contributed by atoms with E-state index in [2.05, 4.69) is 22.3 Å². The van der Waals surface area contributed by atoms with Crippen LogP contribution in [0.25, 0.3) is 0 Å². The van der Waals surface area contributed by atoms with Gasteiger partial charge >= 0.3 is 6.03 Å². The van der Waals surface area contributed by atoms with E-state index < -0.39 is 0 Å². The summed E-state index contributed by atoms with van der Waals surface area (Å²) >= 11 is 0. The largest absolute Gasteiger partial charge is 0.395 e. The normalized spacial score (nSPS) is 15.4. The molecule has 1 aliphatic rings. The first-order valence-corrected chi connectivity index (χ1v) is 9.74. The number of hydrogen-bond donors (Lipinski definition) is 2. The summed E-state index contributed by atoms with van der Waals surface area (Å²) in [5.74, 6) is 0. The smallest absolute Gasteiger partial charge is 0.317 e. The number of aliphatic hydroxyl groups excluding tert-OH is 1. The molecular weight excluding hydrogens is 338 g/mol. The van der Waals surface area contributed by atoms with Crippen LogP contribution in [0.15, 0.2) is 60.7 Å². The van der Waals surface area contributed by atoms with Crippen LogP contribution in [0.5, 0.6) is 0 Å². The second-order valence-corrected chi connectivity index (χ2v) is 6.99. The fraction of sp³-hybridized carbons (Fsp3) is 0.409. The number of rotatable bonds is 8. The zero-order valence-corrected chi connectivity index (χ0v) is 15.8. The minimum absolute atomic E-state index is 0.0471. The third-order valence-corrected chi connectivity index (χ3v) is 5.09. The maximum atomic E-state index is 12.8. The Hall–Kier alpha value is -2.37. The Morgan fingerprint density at radius 2 is 1.67 bits per heavy atom. The Morgan fingerprint density at radius 1 is 1.04 bits per heavy atom. The first kappa shape index (κ1) is 19.4. The first-order valence-electron chi connectivity index (χ1n) is 9.74. The highest BCUT2D eigenvalue weighted by Crippen LogP contribution is 2.24. The number of likely N-dealkylation sites (tertiary alicyclic amines) is 1. The van der Waals surface area contributed by atoms with Crippen molar-refractivity contribution < 1.29 is 9.90 Å². The second kappa shape index (κ2) is 10.1. The molecule has 2 aromatic carbocycles. The molecule has 0 radical (unpaired) electrons. The third kappa shape index (κ3) is 5.55. The number of carbonyl (C=O) groups is 1. The van der Waals surface area contributed by atoms with E-state index >= 15 is 0 Å². The van der Waals surface area contributed by atoms with Gasteiger partial charge in [0.1, 0.15) is 0 Å². The zero-order chi connectivity index (χ0) is 18.9. The predicted molar refractivity (Wildman–Crippen MR) is 107 cm³/mol. The minimum atomic E-state index is -0.131. The molecule has 1 unspecified atom stereocenters. The van der Waals surface area contributed by atoms with Crippen LogP contribution in [0.4, 0.5) is 4.79 Å². The maximum Gasteiger partial charge on any atom is 0.317 e. The maximum absolute atomic E-state index is 12.8. The number of urea groups is 1. The molecule has 3 rings (SSSR count). The summed E-state index contributed by atoms with van der Waals surface area (Å²) in [6.07, 6.45) is 2.42. The van der Waals surface area contributed by atoms with Crippen LogP contribution in [0.3, 0.4) is 0 Å². The average molecular weight is 367 g/mol. The lowest BCUT2D eigenvalue weighted by Gasteiger charge is -2.30.